The molecule has 24 heavy (non-hydrogen) atoms. The summed E-state index contributed by atoms with van der Waals surface area (Å²) in [5.74, 6) is 0.540. The molecule has 1 fully saturated rings. The van der Waals surface area contributed by atoms with E-state index in [1.54, 1.807) is 0 Å². The maximum absolute atomic E-state index is 12.7. The van der Waals surface area contributed by atoms with Gasteiger partial charge in [0.1, 0.15) is 5.01 Å². The lowest BCUT2D eigenvalue weighted by Gasteiger charge is -2.37. The van der Waals surface area contributed by atoms with Crippen LogP contribution in [-0.4, -0.2) is 53.3 Å². The fourth-order valence-electron chi connectivity index (χ4n) is 2.54. The molecule has 0 aromatic carbocycles. The van der Waals surface area contributed by atoms with E-state index >= 15 is 0 Å². The van der Waals surface area contributed by atoms with Crippen molar-refractivity contribution in [1.29, 1.82) is 0 Å². The second-order valence-corrected chi connectivity index (χ2v) is 9.09. The van der Waals surface area contributed by atoms with Gasteiger partial charge in [0.25, 0.3) is 0 Å². The Bertz CT molecular complexity index is 559. The van der Waals surface area contributed by atoms with Crippen LogP contribution >= 0.6 is 11.3 Å². The number of amides is 1. The fraction of sp³-hybridized carbons (Fsp3) is 0.824. The molecule has 1 aliphatic rings. The van der Waals surface area contributed by atoms with Crippen molar-refractivity contribution in [3.63, 3.8) is 0 Å². The van der Waals surface area contributed by atoms with E-state index in [9.17, 15) is 4.79 Å². The Kier molecular flexibility index (Phi) is 5.99. The maximum atomic E-state index is 12.7. The zero-order valence-corrected chi connectivity index (χ0v) is 16.5. The molecule has 0 saturated carbocycles. The lowest BCUT2D eigenvalue weighted by atomic mass is 9.95. The summed E-state index contributed by atoms with van der Waals surface area (Å²) in [6, 6.07) is 0. The van der Waals surface area contributed by atoms with Crippen LogP contribution in [0.5, 0.6) is 0 Å². The molecule has 2 heterocycles. The van der Waals surface area contributed by atoms with Crippen molar-refractivity contribution in [3.05, 3.63) is 5.01 Å². The molecule has 0 aliphatic carbocycles. The van der Waals surface area contributed by atoms with E-state index in [1.165, 1.54) is 11.3 Å². The van der Waals surface area contributed by atoms with Crippen molar-refractivity contribution in [2.45, 2.75) is 58.4 Å². The number of ether oxygens (including phenoxy) is 1. The van der Waals surface area contributed by atoms with Crippen LogP contribution in [0, 0.1) is 5.92 Å². The van der Waals surface area contributed by atoms with Crippen molar-refractivity contribution in [3.8, 4) is 0 Å². The highest BCUT2D eigenvalue weighted by atomic mass is 32.1. The highest BCUT2D eigenvalue weighted by molar-refractivity contribution is 7.15. The predicted octanol–water partition coefficient (Wildman–Crippen LogP) is 2.91. The van der Waals surface area contributed by atoms with Crippen molar-refractivity contribution < 1.29 is 9.53 Å². The first-order valence-corrected chi connectivity index (χ1v) is 9.37. The third-order valence-electron chi connectivity index (χ3n) is 4.67. The molecule has 1 N–H and O–H groups in total. The SMILES string of the molecule is CN(CC1CCOCC1)C(C)(C)C(=O)Nc1nnc(C(C)(C)C)s1. The first-order valence-electron chi connectivity index (χ1n) is 8.55. The third kappa shape index (κ3) is 4.74. The second-order valence-electron chi connectivity index (χ2n) is 8.11. The normalized spacial score (nSPS) is 17.3. The van der Waals surface area contributed by atoms with E-state index in [2.05, 4.69) is 41.2 Å². The predicted molar refractivity (Wildman–Crippen MR) is 97.5 cm³/mol. The summed E-state index contributed by atoms with van der Waals surface area (Å²) in [4.78, 5) is 14.9. The van der Waals surface area contributed by atoms with Crippen LogP contribution in [0.15, 0.2) is 0 Å². The van der Waals surface area contributed by atoms with Gasteiger partial charge in [-0.15, -0.1) is 10.2 Å². The minimum atomic E-state index is -0.605. The number of carbonyl (C=O) groups is 1. The average molecular weight is 355 g/mol. The van der Waals surface area contributed by atoms with Crippen LogP contribution in [-0.2, 0) is 14.9 Å². The van der Waals surface area contributed by atoms with Crippen molar-refractivity contribution in [2.24, 2.45) is 5.92 Å². The van der Waals surface area contributed by atoms with Crippen LogP contribution < -0.4 is 5.32 Å². The number of nitrogens with one attached hydrogen (secondary N) is 1. The smallest absolute Gasteiger partial charge is 0.246 e. The summed E-state index contributed by atoms with van der Waals surface area (Å²) in [6.45, 7) is 12.7. The van der Waals surface area contributed by atoms with Crippen LogP contribution in [0.25, 0.3) is 0 Å². The van der Waals surface area contributed by atoms with Gasteiger partial charge in [0.15, 0.2) is 0 Å². The van der Waals surface area contributed by atoms with Gasteiger partial charge in [0.2, 0.25) is 11.0 Å². The molecule has 6 nitrogen and oxygen atoms in total. The number of likely N-dealkylation sites (N-methyl/N-ethyl adjacent to an activating group) is 1. The van der Waals surface area contributed by atoms with Gasteiger partial charge in [-0.3, -0.25) is 15.0 Å². The van der Waals surface area contributed by atoms with E-state index in [1.807, 2.05) is 20.9 Å². The first-order chi connectivity index (χ1) is 11.1. The number of anilines is 1. The summed E-state index contributed by atoms with van der Waals surface area (Å²) in [7, 11) is 2.01. The zero-order valence-electron chi connectivity index (χ0n) is 15.7. The fourth-order valence-corrected chi connectivity index (χ4v) is 3.34. The lowest BCUT2D eigenvalue weighted by Crippen LogP contribution is -2.52. The van der Waals surface area contributed by atoms with Gasteiger partial charge in [-0.05, 0) is 39.7 Å². The number of nitrogens with zero attached hydrogens (tertiary/aromatic N) is 3. The number of rotatable bonds is 5. The number of aromatic nitrogens is 2. The summed E-state index contributed by atoms with van der Waals surface area (Å²) < 4.78 is 5.41. The molecule has 7 heteroatoms. The Morgan fingerprint density at radius 1 is 1.25 bits per heavy atom. The van der Waals surface area contributed by atoms with Crippen LogP contribution in [0.2, 0.25) is 0 Å². The Morgan fingerprint density at radius 3 is 2.42 bits per heavy atom. The first kappa shape index (κ1) is 19.3. The molecule has 0 radical (unpaired) electrons. The van der Waals surface area contributed by atoms with Crippen molar-refractivity contribution in [2.75, 3.05) is 32.1 Å². The largest absolute Gasteiger partial charge is 0.381 e. The van der Waals surface area contributed by atoms with Gasteiger partial charge in [-0.25, -0.2) is 0 Å². The highest BCUT2D eigenvalue weighted by Crippen LogP contribution is 2.28. The number of carbonyl (C=O) groups excluding carboxylic acids is 1. The molecule has 1 aliphatic heterocycles. The van der Waals surface area contributed by atoms with Gasteiger partial charge >= 0.3 is 0 Å². The van der Waals surface area contributed by atoms with Crippen molar-refractivity contribution in [1.82, 2.24) is 15.1 Å². The maximum Gasteiger partial charge on any atom is 0.246 e. The van der Waals surface area contributed by atoms with Crippen molar-refractivity contribution >= 4 is 22.4 Å². The monoisotopic (exact) mass is 354 g/mol. The lowest BCUT2D eigenvalue weighted by molar-refractivity contribution is -0.126. The minimum absolute atomic E-state index is 0.0475. The average Bonchev–Trinajstić information content (AvgIpc) is 2.96. The highest BCUT2D eigenvalue weighted by Gasteiger charge is 2.34. The standard InChI is InChI=1S/C17H30N4O2S/c1-16(2,3)14-19-20-15(24-14)18-13(22)17(4,5)21(6)11-12-7-9-23-10-8-12/h12H,7-11H2,1-6H3,(H,18,20,22). The van der Waals surface area contributed by atoms with Crippen LogP contribution in [0.1, 0.15) is 52.5 Å². The summed E-state index contributed by atoms with van der Waals surface area (Å²) >= 11 is 1.44. The summed E-state index contributed by atoms with van der Waals surface area (Å²) in [5, 5.41) is 12.7. The van der Waals surface area contributed by atoms with E-state index in [-0.39, 0.29) is 11.3 Å². The Balaban J connectivity index is 1.97. The molecular formula is C17H30N4O2S. The molecule has 1 aromatic rings. The Labute approximate surface area is 149 Å². The van der Waals surface area contributed by atoms with E-state index in [0.29, 0.717) is 11.0 Å². The molecule has 0 atom stereocenters. The van der Waals surface area contributed by atoms with Crippen LogP contribution in [0.4, 0.5) is 5.13 Å². The summed E-state index contributed by atoms with van der Waals surface area (Å²) in [6.07, 6.45) is 2.13. The topological polar surface area (TPSA) is 67.3 Å². The third-order valence-corrected chi connectivity index (χ3v) is 5.93. The molecule has 1 aromatic heterocycles. The number of hydrogen-bond donors (Lipinski definition) is 1. The van der Waals surface area contributed by atoms with Gasteiger partial charge in [-0.2, -0.15) is 0 Å². The summed E-state index contributed by atoms with van der Waals surface area (Å²) in [5.41, 5.74) is -0.665. The number of hydrogen-bond acceptors (Lipinski definition) is 6. The molecule has 0 bridgehead atoms. The minimum Gasteiger partial charge on any atom is -0.381 e. The quantitative estimate of drug-likeness (QED) is 0.880. The molecule has 1 saturated heterocycles. The molecular weight excluding hydrogens is 324 g/mol. The second kappa shape index (κ2) is 7.45. The molecule has 2 rings (SSSR count). The van der Waals surface area contributed by atoms with E-state index in [0.717, 1.165) is 37.6 Å². The Morgan fingerprint density at radius 2 is 1.88 bits per heavy atom. The Hall–Kier alpha value is -1.05. The van der Waals surface area contributed by atoms with Crippen LogP contribution in [0.3, 0.4) is 0 Å². The van der Waals surface area contributed by atoms with E-state index < -0.39 is 5.54 Å². The van der Waals surface area contributed by atoms with Gasteiger partial charge < -0.3 is 4.74 Å². The molecule has 136 valence electrons. The van der Waals surface area contributed by atoms with Gasteiger partial charge in [0.05, 0.1) is 5.54 Å². The van der Waals surface area contributed by atoms with Gasteiger partial charge in [-0.1, -0.05) is 32.1 Å². The van der Waals surface area contributed by atoms with E-state index in [4.69, 9.17) is 4.74 Å². The molecule has 0 spiro atoms. The zero-order chi connectivity index (χ0) is 18.0. The molecule has 0 unspecified atom stereocenters. The molecule has 1 amide bonds. The van der Waals surface area contributed by atoms with Gasteiger partial charge in [0, 0.05) is 25.2 Å².